The maximum absolute atomic E-state index is 5.89. The number of hydrogen-bond acceptors (Lipinski definition) is 6. The van der Waals surface area contributed by atoms with Gasteiger partial charge >= 0.3 is 0 Å². The van der Waals surface area contributed by atoms with Crippen molar-refractivity contribution in [3.63, 3.8) is 0 Å². The summed E-state index contributed by atoms with van der Waals surface area (Å²) in [5.41, 5.74) is 9.86. The molecule has 6 heteroatoms. The number of nitrogens with zero attached hydrogens (tertiary/aromatic N) is 3. The van der Waals surface area contributed by atoms with E-state index in [0.717, 1.165) is 11.3 Å². The van der Waals surface area contributed by atoms with Gasteiger partial charge in [-0.2, -0.15) is 9.36 Å². The lowest BCUT2D eigenvalue weighted by Crippen LogP contribution is -1.94. The zero-order valence-corrected chi connectivity index (χ0v) is 12.1. The van der Waals surface area contributed by atoms with Crippen molar-refractivity contribution >= 4 is 16.5 Å². The molecule has 5 nitrogen and oxygen atoms in total. The average molecular weight is 286 g/mol. The molecular weight excluding hydrogens is 272 g/mol. The molecule has 1 aromatic carbocycles. The Morgan fingerprint density at radius 1 is 1.25 bits per heavy atom. The molecule has 2 aromatic heterocycles. The van der Waals surface area contributed by atoms with E-state index in [1.54, 1.807) is 0 Å². The Morgan fingerprint density at radius 3 is 2.75 bits per heavy atom. The highest BCUT2D eigenvalue weighted by atomic mass is 32.1. The molecule has 102 valence electrons. The van der Waals surface area contributed by atoms with Crippen LogP contribution in [0.15, 0.2) is 28.8 Å². The second-order valence-corrected chi connectivity index (χ2v) is 5.43. The highest BCUT2D eigenvalue weighted by Crippen LogP contribution is 2.31. The van der Waals surface area contributed by atoms with Gasteiger partial charge in [-0.05, 0) is 36.5 Å². The van der Waals surface area contributed by atoms with Crippen LogP contribution in [0.4, 0.5) is 5.00 Å². The Labute approximate surface area is 120 Å². The fourth-order valence-electron chi connectivity index (χ4n) is 2.05. The van der Waals surface area contributed by atoms with Crippen molar-refractivity contribution in [2.45, 2.75) is 20.3 Å². The van der Waals surface area contributed by atoms with Crippen LogP contribution < -0.4 is 5.73 Å². The summed E-state index contributed by atoms with van der Waals surface area (Å²) in [6.45, 7) is 3.95. The van der Waals surface area contributed by atoms with Gasteiger partial charge in [-0.3, -0.25) is 0 Å². The van der Waals surface area contributed by atoms with Gasteiger partial charge in [0.15, 0.2) is 5.82 Å². The molecule has 0 saturated heterocycles. The summed E-state index contributed by atoms with van der Waals surface area (Å²) >= 11 is 1.24. The molecule has 0 amide bonds. The molecule has 3 aromatic rings. The number of rotatable bonds is 3. The summed E-state index contributed by atoms with van der Waals surface area (Å²) in [4.78, 5) is 4.42. The van der Waals surface area contributed by atoms with Crippen LogP contribution in [0.1, 0.15) is 22.6 Å². The average Bonchev–Trinajstić information content (AvgIpc) is 3.00. The Kier molecular flexibility index (Phi) is 3.23. The van der Waals surface area contributed by atoms with Gasteiger partial charge in [-0.15, -0.1) is 0 Å². The van der Waals surface area contributed by atoms with Crippen molar-refractivity contribution in [1.82, 2.24) is 14.5 Å². The summed E-state index contributed by atoms with van der Waals surface area (Å²) in [7, 11) is 0. The molecule has 2 N–H and O–H groups in total. The number of hydrogen-bond donors (Lipinski definition) is 1. The Bertz CT molecular complexity index is 728. The van der Waals surface area contributed by atoms with Crippen LogP contribution in [0.25, 0.3) is 11.5 Å². The monoisotopic (exact) mass is 286 g/mol. The number of nitrogens with two attached hydrogens (primary N) is 1. The van der Waals surface area contributed by atoms with E-state index in [0.29, 0.717) is 23.1 Å². The first-order chi connectivity index (χ1) is 9.65. The Morgan fingerprint density at radius 2 is 2.05 bits per heavy atom. The molecular formula is C14H14N4OS. The van der Waals surface area contributed by atoms with Gasteiger partial charge < -0.3 is 10.3 Å². The standard InChI is InChI=1S/C14H14N4OS/c1-8-5-3-4-6-10(8)7-11-16-14(19-17-11)12-9(2)18-20-13(12)15/h3-6H,7,15H2,1-2H3. The van der Waals surface area contributed by atoms with E-state index in [2.05, 4.69) is 33.6 Å². The molecule has 0 aliphatic carbocycles. The fraction of sp³-hybridized carbons (Fsp3) is 0.214. The van der Waals surface area contributed by atoms with E-state index in [9.17, 15) is 0 Å². The molecule has 0 bridgehead atoms. The van der Waals surface area contributed by atoms with Crippen LogP contribution >= 0.6 is 11.5 Å². The van der Waals surface area contributed by atoms with Crippen molar-refractivity contribution in [3.8, 4) is 11.5 Å². The van der Waals surface area contributed by atoms with Crippen LogP contribution in [0, 0.1) is 13.8 Å². The van der Waals surface area contributed by atoms with Gasteiger partial charge in [0.2, 0.25) is 0 Å². The van der Waals surface area contributed by atoms with Crippen LogP contribution in [0.3, 0.4) is 0 Å². The third-order valence-electron chi connectivity index (χ3n) is 3.18. The highest BCUT2D eigenvalue weighted by molar-refractivity contribution is 7.10. The highest BCUT2D eigenvalue weighted by Gasteiger charge is 2.17. The summed E-state index contributed by atoms with van der Waals surface area (Å²) < 4.78 is 9.50. The molecule has 0 aliphatic heterocycles. The minimum absolute atomic E-state index is 0.442. The van der Waals surface area contributed by atoms with Crippen molar-refractivity contribution in [2.75, 3.05) is 5.73 Å². The zero-order chi connectivity index (χ0) is 14.1. The SMILES string of the molecule is Cc1ccccc1Cc1noc(-c2c(C)nsc2N)n1. The predicted octanol–water partition coefficient (Wildman–Crippen LogP) is 2.98. The van der Waals surface area contributed by atoms with E-state index in [-0.39, 0.29) is 0 Å². The van der Waals surface area contributed by atoms with Crippen molar-refractivity contribution in [3.05, 3.63) is 46.9 Å². The Hall–Kier alpha value is -2.21. The van der Waals surface area contributed by atoms with Crippen LogP contribution in [0.5, 0.6) is 0 Å². The quantitative estimate of drug-likeness (QED) is 0.800. The van der Waals surface area contributed by atoms with Gasteiger partial charge in [0.25, 0.3) is 5.89 Å². The van der Waals surface area contributed by atoms with E-state index in [1.165, 1.54) is 22.7 Å². The number of anilines is 1. The first-order valence-electron chi connectivity index (χ1n) is 6.24. The van der Waals surface area contributed by atoms with Gasteiger partial charge in [0, 0.05) is 6.42 Å². The minimum atomic E-state index is 0.442. The van der Waals surface area contributed by atoms with E-state index >= 15 is 0 Å². The van der Waals surface area contributed by atoms with Crippen LogP contribution in [-0.4, -0.2) is 14.5 Å². The van der Waals surface area contributed by atoms with Gasteiger partial charge in [0.1, 0.15) is 5.00 Å². The molecule has 0 atom stereocenters. The smallest absolute Gasteiger partial charge is 0.262 e. The molecule has 0 aliphatic rings. The largest absolute Gasteiger partial charge is 0.389 e. The van der Waals surface area contributed by atoms with Gasteiger partial charge in [-0.25, -0.2) is 0 Å². The fourth-order valence-corrected chi connectivity index (χ4v) is 2.71. The lowest BCUT2D eigenvalue weighted by atomic mass is 10.1. The Balaban J connectivity index is 1.90. The maximum Gasteiger partial charge on any atom is 0.262 e. The first-order valence-corrected chi connectivity index (χ1v) is 7.01. The normalized spacial score (nSPS) is 10.9. The third-order valence-corrected chi connectivity index (χ3v) is 3.95. The van der Waals surface area contributed by atoms with E-state index < -0.39 is 0 Å². The van der Waals surface area contributed by atoms with Gasteiger partial charge in [0.05, 0.1) is 11.3 Å². The second-order valence-electron chi connectivity index (χ2n) is 4.63. The number of aromatic nitrogens is 3. The van der Waals surface area contributed by atoms with Crippen molar-refractivity contribution in [1.29, 1.82) is 0 Å². The zero-order valence-electron chi connectivity index (χ0n) is 11.3. The van der Waals surface area contributed by atoms with Crippen molar-refractivity contribution in [2.24, 2.45) is 0 Å². The predicted molar refractivity (Wildman–Crippen MR) is 78.5 cm³/mol. The topological polar surface area (TPSA) is 77.8 Å². The van der Waals surface area contributed by atoms with E-state index in [4.69, 9.17) is 10.3 Å². The number of benzene rings is 1. The minimum Gasteiger partial charge on any atom is -0.389 e. The molecule has 0 unspecified atom stereocenters. The molecule has 20 heavy (non-hydrogen) atoms. The molecule has 2 heterocycles. The first kappa shape index (κ1) is 12.8. The summed E-state index contributed by atoms with van der Waals surface area (Å²) in [5, 5.41) is 4.63. The summed E-state index contributed by atoms with van der Waals surface area (Å²) in [5.74, 6) is 1.09. The summed E-state index contributed by atoms with van der Waals surface area (Å²) in [6.07, 6.45) is 0.646. The summed E-state index contributed by atoms with van der Waals surface area (Å²) in [6, 6.07) is 8.16. The van der Waals surface area contributed by atoms with Crippen LogP contribution in [0.2, 0.25) is 0 Å². The van der Waals surface area contributed by atoms with Gasteiger partial charge in [-0.1, -0.05) is 29.4 Å². The molecule has 0 spiro atoms. The maximum atomic E-state index is 5.89. The number of aryl methyl sites for hydroxylation is 2. The lowest BCUT2D eigenvalue weighted by Gasteiger charge is -2.00. The molecule has 0 fully saturated rings. The van der Waals surface area contributed by atoms with E-state index in [1.807, 2.05) is 19.1 Å². The third kappa shape index (κ3) is 2.30. The lowest BCUT2D eigenvalue weighted by molar-refractivity contribution is 0.424. The van der Waals surface area contributed by atoms with Crippen LogP contribution in [-0.2, 0) is 6.42 Å². The molecule has 3 rings (SSSR count). The van der Waals surface area contributed by atoms with Crippen molar-refractivity contribution < 1.29 is 4.52 Å². The second kappa shape index (κ2) is 5.05. The number of nitrogen functional groups attached to an aromatic ring is 1. The molecule has 0 radical (unpaired) electrons. The molecule has 0 saturated carbocycles.